The minimum Gasteiger partial charge on any atom is -0.478 e. The maximum atomic E-state index is 10.3. The fraction of sp³-hybridized carbons (Fsp3) is 0.273. The number of aliphatic hydroxyl groups is 1. The molecule has 94 valence electrons. The van der Waals surface area contributed by atoms with Crippen molar-refractivity contribution in [3.8, 4) is 0 Å². The van der Waals surface area contributed by atoms with Gasteiger partial charge in [-0.05, 0) is 38.2 Å². The van der Waals surface area contributed by atoms with Gasteiger partial charge in [-0.3, -0.25) is 5.32 Å². The first-order chi connectivity index (χ1) is 7.88. The molecule has 0 aliphatic heterocycles. The molecule has 0 fully saturated rings. The summed E-state index contributed by atoms with van der Waals surface area (Å²) in [5.74, 6) is -2.13. The quantitative estimate of drug-likeness (QED) is 0.578. The van der Waals surface area contributed by atoms with E-state index in [1.165, 1.54) is 24.3 Å². The van der Waals surface area contributed by atoms with Gasteiger partial charge in [0.25, 0.3) is 0 Å². The van der Waals surface area contributed by atoms with Crippen LogP contribution in [0.2, 0.25) is 0 Å². The van der Waals surface area contributed by atoms with Crippen LogP contribution >= 0.6 is 0 Å². The second-order valence-corrected chi connectivity index (χ2v) is 3.15. The van der Waals surface area contributed by atoms with Crippen LogP contribution in [0.3, 0.4) is 0 Å². The van der Waals surface area contributed by atoms with E-state index in [1.54, 1.807) is 14.0 Å². The summed E-state index contributed by atoms with van der Waals surface area (Å²) in [6, 6.07) is 5.02. The summed E-state index contributed by atoms with van der Waals surface area (Å²) in [5.41, 5.74) is 0.167. The first-order valence-electron chi connectivity index (χ1n) is 4.80. The number of hydrogen-bond donors (Lipinski definition) is 4. The van der Waals surface area contributed by atoms with Crippen molar-refractivity contribution in [2.45, 2.75) is 13.2 Å². The van der Waals surface area contributed by atoms with Crippen molar-refractivity contribution in [2.24, 2.45) is 0 Å². The highest BCUT2D eigenvalue weighted by molar-refractivity contribution is 5.91. The molecule has 1 aromatic rings. The van der Waals surface area contributed by atoms with Crippen molar-refractivity contribution >= 4 is 11.9 Å². The average molecular weight is 241 g/mol. The molecule has 0 saturated carbocycles. The van der Waals surface area contributed by atoms with Gasteiger partial charge in [0.05, 0.1) is 11.1 Å². The predicted molar refractivity (Wildman–Crippen MR) is 61.1 cm³/mol. The van der Waals surface area contributed by atoms with Crippen LogP contribution in [0.5, 0.6) is 0 Å². The minimum atomic E-state index is -1.06. The van der Waals surface area contributed by atoms with E-state index in [1.807, 2.05) is 0 Å². The van der Waals surface area contributed by atoms with Gasteiger partial charge in [-0.1, -0.05) is 0 Å². The number of aliphatic hydroxyl groups excluding tert-OH is 1. The largest absolute Gasteiger partial charge is 0.478 e. The lowest BCUT2D eigenvalue weighted by molar-refractivity contribution is 0.0681. The molecule has 0 spiro atoms. The van der Waals surface area contributed by atoms with Crippen molar-refractivity contribution in [1.29, 1.82) is 0 Å². The van der Waals surface area contributed by atoms with Crippen LogP contribution in [0.25, 0.3) is 0 Å². The number of carboxylic acids is 2. The van der Waals surface area contributed by atoms with Gasteiger partial charge in [0.15, 0.2) is 0 Å². The molecule has 1 aromatic carbocycles. The molecule has 0 amide bonds. The zero-order valence-corrected chi connectivity index (χ0v) is 9.54. The monoisotopic (exact) mass is 241 g/mol. The molecule has 6 nitrogen and oxygen atoms in total. The summed E-state index contributed by atoms with van der Waals surface area (Å²) in [4.78, 5) is 20.7. The van der Waals surface area contributed by atoms with Gasteiger partial charge in [0.1, 0.15) is 6.23 Å². The van der Waals surface area contributed by atoms with Crippen molar-refractivity contribution in [3.05, 3.63) is 35.4 Å². The summed E-state index contributed by atoms with van der Waals surface area (Å²) >= 11 is 0. The number of benzene rings is 1. The Morgan fingerprint density at radius 1 is 1.06 bits per heavy atom. The molecule has 1 unspecified atom stereocenters. The molecule has 0 aliphatic carbocycles. The number of carboxylic acid groups (broad SMARTS) is 2. The molecule has 0 bridgehead atoms. The average Bonchev–Trinajstić information content (AvgIpc) is 2.29. The fourth-order valence-electron chi connectivity index (χ4n) is 0.755. The van der Waals surface area contributed by atoms with Gasteiger partial charge in [0.2, 0.25) is 0 Å². The number of aromatic carboxylic acids is 2. The van der Waals surface area contributed by atoms with Crippen molar-refractivity contribution < 1.29 is 24.9 Å². The van der Waals surface area contributed by atoms with E-state index in [0.717, 1.165) is 0 Å². The van der Waals surface area contributed by atoms with Crippen LogP contribution in [0, 0.1) is 0 Å². The molecule has 0 aliphatic rings. The van der Waals surface area contributed by atoms with E-state index in [4.69, 9.17) is 15.3 Å². The summed E-state index contributed by atoms with van der Waals surface area (Å²) in [7, 11) is 1.70. The normalized spacial score (nSPS) is 11.0. The molecule has 17 heavy (non-hydrogen) atoms. The van der Waals surface area contributed by atoms with Gasteiger partial charge in [-0.15, -0.1) is 0 Å². The Morgan fingerprint density at radius 2 is 1.29 bits per heavy atom. The molecule has 1 rings (SSSR count). The third kappa shape index (κ3) is 6.29. The third-order valence-electron chi connectivity index (χ3n) is 1.80. The van der Waals surface area contributed by atoms with Crippen LogP contribution in [0.15, 0.2) is 24.3 Å². The predicted octanol–water partition coefficient (Wildman–Crippen LogP) is 0.627. The van der Waals surface area contributed by atoms with Crippen molar-refractivity contribution in [3.63, 3.8) is 0 Å². The highest BCUT2D eigenvalue weighted by Crippen LogP contribution is 2.03. The SMILES string of the molecule is CNC(C)O.O=C(O)c1ccc(C(=O)O)cc1. The topological polar surface area (TPSA) is 107 Å². The lowest BCUT2D eigenvalue weighted by Crippen LogP contribution is -2.19. The number of hydrogen-bond acceptors (Lipinski definition) is 4. The minimum absolute atomic E-state index is 0.0833. The molecule has 0 radical (unpaired) electrons. The second-order valence-electron chi connectivity index (χ2n) is 3.15. The molecule has 1 atom stereocenters. The lowest BCUT2D eigenvalue weighted by Gasteiger charge is -1.94. The molecular weight excluding hydrogens is 226 g/mol. The highest BCUT2D eigenvalue weighted by atomic mass is 16.4. The van der Waals surface area contributed by atoms with Gasteiger partial charge >= 0.3 is 11.9 Å². The summed E-state index contributed by atoms with van der Waals surface area (Å²) < 4.78 is 0. The van der Waals surface area contributed by atoms with Crippen LogP contribution in [0.4, 0.5) is 0 Å². The van der Waals surface area contributed by atoms with Crippen LogP contribution in [-0.4, -0.2) is 40.5 Å². The van der Waals surface area contributed by atoms with E-state index >= 15 is 0 Å². The Labute approximate surface area is 98.5 Å². The Morgan fingerprint density at radius 3 is 1.41 bits per heavy atom. The zero-order chi connectivity index (χ0) is 13.4. The lowest BCUT2D eigenvalue weighted by atomic mass is 10.1. The highest BCUT2D eigenvalue weighted by Gasteiger charge is 2.04. The molecule has 4 N–H and O–H groups in total. The van der Waals surface area contributed by atoms with Gasteiger partial charge in [-0.2, -0.15) is 0 Å². The Hall–Kier alpha value is -1.92. The Bertz CT molecular complexity index is 339. The zero-order valence-electron chi connectivity index (χ0n) is 9.54. The molecule has 6 heteroatoms. The molecule has 0 heterocycles. The van der Waals surface area contributed by atoms with E-state index in [-0.39, 0.29) is 17.4 Å². The van der Waals surface area contributed by atoms with Crippen molar-refractivity contribution in [2.75, 3.05) is 7.05 Å². The first-order valence-corrected chi connectivity index (χ1v) is 4.80. The third-order valence-corrected chi connectivity index (χ3v) is 1.80. The Balaban J connectivity index is 0.000000437. The molecule has 0 saturated heterocycles. The van der Waals surface area contributed by atoms with E-state index in [9.17, 15) is 9.59 Å². The Kier molecular flexibility index (Phi) is 6.54. The van der Waals surface area contributed by atoms with Crippen LogP contribution in [0.1, 0.15) is 27.6 Å². The number of carbonyl (C=O) groups is 2. The molecule has 0 aromatic heterocycles. The summed E-state index contributed by atoms with van der Waals surface area (Å²) in [6.07, 6.45) is -0.366. The number of rotatable bonds is 3. The number of nitrogens with one attached hydrogen (secondary N) is 1. The van der Waals surface area contributed by atoms with E-state index in [2.05, 4.69) is 5.32 Å². The van der Waals surface area contributed by atoms with Gasteiger partial charge in [0, 0.05) is 0 Å². The summed E-state index contributed by atoms with van der Waals surface area (Å²) in [6.45, 7) is 1.67. The van der Waals surface area contributed by atoms with Crippen molar-refractivity contribution in [1.82, 2.24) is 5.32 Å². The molecular formula is C11H15NO5. The fourth-order valence-corrected chi connectivity index (χ4v) is 0.755. The standard InChI is InChI=1S/C8H6O4.C3H9NO/c9-7(10)5-1-2-6(4-3-5)8(11)12;1-3(5)4-2/h1-4H,(H,9,10)(H,11,12);3-5H,1-2H3. The summed E-state index contributed by atoms with van der Waals surface area (Å²) in [5, 5.41) is 27.8. The maximum absolute atomic E-state index is 10.3. The van der Waals surface area contributed by atoms with Crippen LogP contribution < -0.4 is 5.32 Å². The van der Waals surface area contributed by atoms with Gasteiger partial charge in [-0.25, -0.2) is 9.59 Å². The van der Waals surface area contributed by atoms with Gasteiger partial charge < -0.3 is 15.3 Å². The maximum Gasteiger partial charge on any atom is 0.335 e. The van der Waals surface area contributed by atoms with Crippen LogP contribution in [-0.2, 0) is 0 Å². The first kappa shape index (κ1) is 15.1. The van der Waals surface area contributed by atoms with E-state index in [0.29, 0.717) is 0 Å². The second kappa shape index (κ2) is 7.37. The smallest absolute Gasteiger partial charge is 0.335 e. The van der Waals surface area contributed by atoms with E-state index < -0.39 is 11.9 Å².